The van der Waals surface area contributed by atoms with E-state index in [9.17, 15) is 14.0 Å². The first-order valence-corrected chi connectivity index (χ1v) is 10.3. The van der Waals surface area contributed by atoms with Gasteiger partial charge in [0, 0.05) is 38.4 Å². The second-order valence-corrected chi connectivity index (χ2v) is 7.44. The number of unbranched alkanes of at least 4 members (excludes halogenated alkanes) is 2. The Kier molecular flexibility index (Phi) is 7.32. The van der Waals surface area contributed by atoms with Crippen LogP contribution in [0.5, 0.6) is 0 Å². The summed E-state index contributed by atoms with van der Waals surface area (Å²) in [5.41, 5.74) is 0.911. The highest BCUT2D eigenvalue weighted by molar-refractivity contribution is 5.91. The minimum Gasteiger partial charge on any atom is -0.356 e. The highest BCUT2D eigenvalue weighted by Gasteiger charge is 2.17. The number of carbonyl (C=O) groups is 2. The SMILES string of the molecule is CC(=O)NCCCCCC(=O)Nc1cc(-c2nnc3n2CCCCC3)ccc1F. The average molecular weight is 401 g/mol. The molecular weight excluding hydrogens is 373 g/mol. The van der Waals surface area contributed by atoms with Crippen LogP contribution >= 0.6 is 0 Å². The summed E-state index contributed by atoms with van der Waals surface area (Å²) in [6.07, 6.45) is 6.88. The van der Waals surface area contributed by atoms with E-state index in [1.54, 1.807) is 12.1 Å². The van der Waals surface area contributed by atoms with Crippen molar-refractivity contribution < 1.29 is 14.0 Å². The number of nitrogens with zero attached hydrogens (tertiary/aromatic N) is 3. The van der Waals surface area contributed by atoms with Crippen LogP contribution in [0.2, 0.25) is 0 Å². The summed E-state index contributed by atoms with van der Waals surface area (Å²) in [5, 5.41) is 14.0. The Labute approximate surface area is 170 Å². The zero-order valence-corrected chi connectivity index (χ0v) is 16.8. The number of hydrogen-bond donors (Lipinski definition) is 2. The first kappa shape index (κ1) is 21.0. The molecule has 0 saturated heterocycles. The molecule has 0 saturated carbocycles. The number of hydrogen-bond acceptors (Lipinski definition) is 4. The van der Waals surface area contributed by atoms with E-state index in [0.29, 0.717) is 19.4 Å². The maximum Gasteiger partial charge on any atom is 0.224 e. The van der Waals surface area contributed by atoms with Gasteiger partial charge in [0.2, 0.25) is 11.8 Å². The van der Waals surface area contributed by atoms with Crippen molar-refractivity contribution in [1.82, 2.24) is 20.1 Å². The molecule has 2 aromatic rings. The number of rotatable bonds is 8. The Balaban J connectivity index is 1.59. The van der Waals surface area contributed by atoms with Crippen LogP contribution in [0.3, 0.4) is 0 Å². The number of aromatic nitrogens is 3. The Hall–Kier alpha value is -2.77. The smallest absolute Gasteiger partial charge is 0.224 e. The van der Waals surface area contributed by atoms with Crippen LogP contribution in [-0.2, 0) is 22.6 Å². The van der Waals surface area contributed by atoms with Gasteiger partial charge in [0.25, 0.3) is 0 Å². The fourth-order valence-electron chi connectivity index (χ4n) is 3.52. The second kappa shape index (κ2) is 10.1. The van der Waals surface area contributed by atoms with Gasteiger partial charge < -0.3 is 15.2 Å². The third-order valence-corrected chi connectivity index (χ3v) is 5.06. The molecule has 29 heavy (non-hydrogen) atoms. The minimum absolute atomic E-state index is 0.0531. The predicted molar refractivity (Wildman–Crippen MR) is 109 cm³/mol. The highest BCUT2D eigenvalue weighted by atomic mass is 19.1. The highest BCUT2D eigenvalue weighted by Crippen LogP contribution is 2.26. The Morgan fingerprint density at radius 2 is 2.00 bits per heavy atom. The number of nitrogens with one attached hydrogen (secondary N) is 2. The number of anilines is 1. The number of benzene rings is 1. The van der Waals surface area contributed by atoms with Gasteiger partial charge in [-0.3, -0.25) is 9.59 Å². The average Bonchev–Trinajstić information content (AvgIpc) is 2.94. The second-order valence-electron chi connectivity index (χ2n) is 7.44. The van der Waals surface area contributed by atoms with E-state index in [1.165, 1.54) is 19.4 Å². The van der Waals surface area contributed by atoms with E-state index in [2.05, 4.69) is 25.4 Å². The number of aryl methyl sites for hydroxylation is 1. The zero-order valence-electron chi connectivity index (χ0n) is 16.8. The fraction of sp³-hybridized carbons (Fsp3) is 0.524. The lowest BCUT2D eigenvalue weighted by Crippen LogP contribution is -2.20. The quantitative estimate of drug-likeness (QED) is 0.663. The molecule has 0 aliphatic carbocycles. The molecule has 2 heterocycles. The Morgan fingerprint density at radius 3 is 2.83 bits per heavy atom. The van der Waals surface area contributed by atoms with Crippen molar-refractivity contribution in [2.75, 3.05) is 11.9 Å². The number of carbonyl (C=O) groups excluding carboxylic acids is 2. The van der Waals surface area contributed by atoms with Crippen LogP contribution in [0, 0.1) is 5.82 Å². The van der Waals surface area contributed by atoms with Gasteiger partial charge in [-0.25, -0.2) is 4.39 Å². The molecule has 0 spiro atoms. The van der Waals surface area contributed by atoms with Crippen molar-refractivity contribution in [3.05, 3.63) is 29.8 Å². The van der Waals surface area contributed by atoms with Gasteiger partial charge in [-0.2, -0.15) is 0 Å². The molecule has 156 valence electrons. The van der Waals surface area contributed by atoms with E-state index < -0.39 is 5.82 Å². The van der Waals surface area contributed by atoms with Crippen LogP contribution in [0.1, 0.15) is 57.7 Å². The lowest BCUT2D eigenvalue weighted by atomic mass is 10.1. The summed E-state index contributed by atoms with van der Waals surface area (Å²) in [6, 6.07) is 4.66. The summed E-state index contributed by atoms with van der Waals surface area (Å²) in [7, 11) is 0. The third-order valence-electron chi connectivity index (χ3n) is 5.06. The van der Waals surface area contributed by atoms with E-state index in [0.717, 1.165) is 55.9 Å². The number of amides is 2. The van der Waals surface area contributed by atoms with Gasteiger partial charge in [0.1, 0.15) is 11.6 Å². The largest absolute Gasteiger partial charge is 0.356 e. The number of halogens is 1. The molecule has 0 fully saturated rings. The standard InChI is InChI=1S/C21H28FN5O2/c1-15(28)23-12-6-2-5-9-20(29)24-18-14-16(10-11-17(18)22)21-26-25-19-8-4-3-7-13-27(19)21/h10-11,14H,2-9,12-13H2,1H3,(H,23,28)(H,24,29). The zero-order chi connectivity index (χ0) is 20.6. The van der Waals surface area contributed by atoms with Gasteiger partial charge in [-0.05, 0) is 43.9 Å². The molecule has 2 N–H and O–H groups in total. The van der Waals surface area contributed by atoms with Crippen LogP contribution in [0.15, 0.2) is 18.2 Å². The lowest BCUT2D eigenvalue weighted by molar-refractivity contribution is -0.119. The monoisotopic (exact) mass is 401 g/mol. The molecule has 7 nitrogen and oxygen atoms in total. The first-order valence-electron chi connectivity index (χ1n) is 10.3. The molecule has 0 atom stereocenters. The molecule has 1 aliphatic heterocycles. The molecular formula is C21H28FN5O2. The molecule has 8 heteroatoms. The molecule has 1 aromatic heterocycles. The minimum atomic E-state index is -0.469. The maximum atomic E-state index is 14.2. The molecule has 3 rings (SSSR count). The van der Waals surface area contributed by atoms with Crippen molar-refractivity contribution in [2.45, 2.75) is 64.8 Å². The van der Waals surface area contributed by atoms with E-state index >= 15 is 0 Å². The van der Waals surface area contributed by atoms with Crippen molar-refractivity contribution in [3.8, 4) is 11.4 Å². The Bertz CT molecular complexity index is 865. The van der Waals surface area contributed by atoms with Crippen LogP contribution in [0.25, 0.3) is 11.4 Å². The van der Waals surface area contributed by atoms with Crippen LogP contribution < -0.4 is 10.6 Å². The first-order chi connectivity index (χ1) is 14.0. The summed E-state index contributed by atoms with van der Waals surface area (Å²) in [4.78, 5) is 23.0. The van der Waals surface area contributed by atoms with Crippen molar-refractivity contribution >= 4 is 17.5 Å². The molecule has 1 aromatic carbocycles. The molecule has 1 aliphatic rings. The van der Waals surface area contributed by atoms with Gasteiger partial charge in [-0.15, -0.1) is 10.2 Å². The van der Waals surface area contributed by atoms with Gasteiger partial charge in [-0.1, -0.05) is 12.8 Å². The molecule has 2 amide bonds. The van der Waals surface area contributed by atoms with Gasteiger partial charge in [0.05, 0.1) is 5.69 Å². The van der Waals surface area contributed by atoms with E-state index in [1.807, 2.05) is 0 Å². The van der Waals surface area contributed by atoms with E-state index in [4.69, 9.17) is 0 Å². The molecule has 0 radical (unpaired) electrons. The number of fused-ring (bicyclic) bond motifs is 1. The van der Waals surface area contributed by atoms with Crippen LogP contribution in [-0.4, -0.2) is 33.1 Å². The van der Waals surface area contributed by atoms with Crippen molar-refractivity contribution in [2.24, 2.45) is 0 Å². The van der Waals surface area contributed by atoms with Crippen molar-refractivity contribution in [1.29, 1.82) is 0 Å². The fourth-order valence-corrected chi connectivity index (χ4v) is 3.52. The van der Waals surface area contributed by atoms with Crippen molar-refractivity contribution in [3.63, 3.8) is 0 Å². The maximum absolute atomic E-state index is 14.2. The summed E-state index contributed by atoms with van der Waals surface area (Å²) in [6.45, 7) is 2.94. The summed E-state index contributed by atoms with van der Waals surface area (Å²) < 4.78 is 16.3. The third kappa shape index (κ3) is 5.85. The van der Waals surface area contributed by atoms with E-state index in [-0.39, 0.29) is 17.5 Å². The lowest BCUT2D eigenvalue weighted by Gasteiger charge is -2.10. The normalized spacial score (nSPS) is 13.4. The van der Waals surface area contributed by atoms with Crippen LogP contribution in [0.4, 0.5) is 10.1 Å². The Morgan fingerprint density at radius 1 is 1.14 bits per heavy atom. The van der Waals surface area contributed by atoms with Gasteiger partial charge >= 0.3 is 0 Å². The summed E-state index contributed by atoms with van der Waals surface area (Å²) >= 11 is 0. The summed E-state index contributed by atoms with van der Waals surface area (Å²) in [5.74, 6) is 0.939. The predicted octanol–water partition coefficient (Wildman–Crippen LogP) is 3.45. The molecule has 0 bridgehead atoms. The topological polar surface area (TPSA) is 88.9 Å². The molecule has 0 unspecified atom stereocenters. The van der Waals surface area contributed by atoms with Gasteiger partial charge in [0.15, 0.2) is 5.82 Å².